The number of rotatable bonds is 1. The molecule has 2 heterocycles. The van der Waals surface area contributed by atoms with Crippen molar-refractivity contribution in [3.05, 3.63) is 34.5 Å². The Morgan fingerprint density at radius 1 is 1.23 bits per heavy atom. The van der Waals surface area contributed by atoms with E-state index in [9.17, 15) is 4.79 Å². The van der Waals surface area contributed by atoms with Crippen LogP contribution in [0.4, 0.5) is 0 Å². The zero-order valence-electron chi connectivity index (χ0n) is 12.7. The molecule has 0 bridgehead atoms. The van der Waals surface area contributed by atoms with Crippen molar-refractivity contribution in [3.8, 4) is 0 Å². The van der Waals surface area contributed by atoms with Gasteiger partial charge in [0, 0.05) is 52.6 Å². The first kappa shape index (κ1) is 14.1. The summed E-state index contributed by atoms with van der Waals surface area (Å²) in [6, 6.07) is 5.96. The molecule has 1 aromatic heterocycles. The molecule has 116 valence electrons. The Morgan fingerprint density at radius 3 is 2.86 bits per heavy atom. The van der Waals surface area contributed by atoms with Gasteiger partial charge < -0.3 is 9.88 Å². The van der Waals surface area contributed by atoms with Crippen LogP contribution in [0.3, 0.4) is 0 Å². The normalized spacial score (nSPS) is 19.4. The monoisotopic (exact) mass is 316 g/mol. The molecule has 3 nitrogen and oxygen atoms in total. The van der Waals surface area contributed by atoms with E-state index in [-0.39, 0.29) is 5.92 Å². The Morgan fingerprint density at radius 2 is 2.05 bits per heavy atom. The maximum Gasteiger partial charge on any atom is 0.225 e. The number of H-pyrrole nitrogens is 1. The quantitative estimate of drug-likeness (QED) is 0.837. The second kappa shape index (κ2) is 5.62. The average Bonchev–Trinajstić information content (AvgIpc) is 2.92. The number of nitrogens with zero attached hydrogens (tertiary/aromatic N) is 1. The average molecular weight is 317 g/mol. The fraction of sp³-hybridized carbons (Fsp3) is 0.500. The van der Waals surface area contributed by atoms with Crippen molar-refractivity contribution in [2.45, 2.75) is 45.1 Å². The summed E-state index contributed by atoms with van der Waals surface area (Å²) in [5, 5.41) is 1.92. The Bertz CT molecular complexity index is 715. The predicted octanol–water partition coefficient (Wildman–Crippen LogP) is 4.29. The van der Waals surface area contributed by atoms with Crippen LogP contribution in [-0.2, 0) is 17.8 Å². The van der Waals surface area contributed by atoms with E-state index in [1.807, 2.05) is 18.2 Å². The fourth-order valence-electron chi connectivity index (χ4n) is 3.98. The van der Waals surface area contributed by atoms with Gasteiger partial charge >= 0.3 is 0 Å². The number of carbonyl (C=O) groups is 1. The molecule has 4 heteroatoms. The van der Waals surface area contributed by atoms with E-state index in [4.69, 9.17) is 11.6 Å². The van der Waals surface area contributed by atoms with Crippen molar-refractivity contribution in [1.82, 2.24) is 9.88 Å². The first-order chi connectivity index (χ1) is 10.7. The molecule has 0 unspecified atom stereocenters. The number of aromatic amines is 1. The van der Waals surface area contributed by atoms with Crippen LogP contribution >= 0.6 is 11.6 Å². The van der Waals surface area contributed by atoms with Gasteiger partial charge in [-0.3, -0.25) is 4.79 Å². The summed E-state index contributed by atoms with van der Waals surface area (Å²) >= 11 is 6.14. The van der Waals surface area contributed by atoms with Crippen LogP contribution in [0.25, 0.3) is 10.9 Å². The minimum absolute atomic E-state index is 0.254. The highest BCUT2D eigenvalue weighted by Crippen LogP contribution is 2.32. The van der Waals surface area contributed by atoms with Gasteiger partial charge in [-0.1, -0.05) is 30.9 Å². The second-order valence-electron chi connectivity index (χ2n) is 6.62. The molecule has 1 fully saturated rings. The van der Waals surface area contributed by atoms with Gasteiger partial charge in [0.05, 0.1) is 0 Å². The summed E-state index contributed by atoms with van der Waals surface area (Å²) in [5.41, 5.74) is 3.65. The Balaban J connectivity index is 1.61. The van der Waals surface area contributed by atoms with Crippen LogP contribution in [0.5, 0.6) is 0 Å². The molecule has 1 aromatic carbocycles. The third-order valence-electron chi connectivity index (χ3n) is 5.20. The molecule has 0 radical (unpaired) electrons. The van der Waals surface area contributed by atoms with E-state index in [0.717, 1.165) is 42.9 Å². The van der Waals surface area contributed by atoms with Crippen LogP contribution in [0.2, 0.25) is 5.02 Å². The lowest BCUT2D eigenvalue weighted by atomic mass is 9.87. The van der Waals surface area contributed by atoms with Crippen molar-refractivity contribution in [3.63, 3.8) is 0 Å². The summed E-state index contributed by atoms with van der Waals surface area (Å²) in [4.78, 5) is 18.3. The molecule has 2 aliphatic rings. The molecule has 0 spiro atoms. The van der Waals surface area contributed by atoms with Crippen molar-refractivity contribution in [2.24, 2.45) is 5.92 Å². The third-order valence-corrected chi connectivity index (χ3v) is 5.44. The van der Waals surface area contributed by atoms with E-state index in [0.29, 0.717) is 5.91 Å². The van der Waals surface area contributed by atoms with Crippen LogP contribution in [0, 0.1) is 5.92 Å². The maximum atomic E-state index is 12.8. The van der Waals surface area contributed by atoms with Gasteiger partial charge in [-0.15, -0.1) is 0 Å². The summed E-state index contributed by atoms with van der Waals surface area (Å²) in [5.74, 6) is 0.617. The molecular weight excluding hydrogens is 296 g/mol. The molecule has 1 amide bonds. The van der Waals surface area contributed by atoms with E-state index < -0.39 is 0 Å². The van der Waals surface area contributed by atoms with Crippen molar-refractivity contribution < 1.29 is 4.79 Å². The molecule has 1 N–H and O–H groups in total. The molecule has 22 heavy (non-hydrogen) atoms. The highest BCUT2D eigenvalue weighted by molar-refractivity contribution is 6.31. The van der Waals surface area contributed by atoms with Crippen LogP contribution in [0.15, 0.2) is 18.2 Å². The lowest BCUT2D eigenvalue weighted by molar-refractivity contribution is -0.137. The topological polar surface area (TPSA) is 36.1 Å². The van der Waals surface area contributed by atoms with Crippen LogP contribution < -0.4 is 0 Å². The molecule has 1 aliphatic heterocycles. The number of hydrogen-bond acceptors (Lipinski definition) is 1. The fourth-order valence-corrected chi connectivity index (χ4v) is 4.15. The molecule has 2 aromatic rings. The van der Waals surface area contributed by atoms with Crippen LogP contribution in [0.1, 0.15) is 43.4 Å². The number of nitrogens with one attached hydrogen (secondary N) is 1. The zero-order chi connectivity index (χ0) is 15.1. The number of amides is 1. The third kappa shape index (κ3) is 2.41. The molecular formula is C18H21ClN2O. The van der Waals surface area contributed by atoms with Crippen molar-refractivity contribution >= 4 is 28.4 Å². The maximum absolute atomic E-state index is 12.8. The highest BCUT2D eigenvalue weighted by atomic mass is 35.5. The van der Waals surface area contributed by atoms with Crippen LogP contribution in [-0.4, -0.2) is 22.3 Å². The summed E-state index contributed by atoms with van der Waals surface area (Å²) < 4.78 is 0. The Labute approximate surface area is 135 Å². The lowest BCUT2D eigenvalue weighted by Gasteiger charge is -2.32. The van der Waals surface area contributed by atoms with Gasteiger partial charge in [0.2, 0.25) is 5.91 Å². The van der Waals surface area contributed by atoms with Gasteiger partial charge in [0.25, 0.3) is 0 Å². The van der Waals surface area contributed by atoms with E-state index >= 15 is 0 Å². The Kier molecular flexibility index (Phi) is 3.61. The molecule has 1 aliphatic carbocycles. The SMILES string of the molecule is O=C(C1CCCCC1)N1CCc2[nH]c3ccc(Cl)cc3c2C1. The van der Waals surface area contributed by atoms with Gasteiger partial charge in [-0.05, 0) is 31.0 Å². The lowest BCUT2D eigenvalue weighted by Crippen LogP contribution is -2.40. The smallest absolute Gasteiger partial charge is 0.225 e. The second-order valence-corrected chi connectivity index (χ2v) is 7.05. The number of carbonyl (C=O) groups excluding carboxylic acids is 1. The number of benzene rings is 1. The largest absolute Gasteiger partial charge is 0.358 e. The number of hydrogen-bond donors (Lipinski definition) is 1. The summed E-state index contributed by atoms with van der Waals surface area (Å²) in [6.45, 7) is 1.56. The molecule has 1 saturated carbocycles. The summed E-state index contributed by atoms with van der Waals surface area (Å²) in [7, 11) is 0. The van der Waals surface area contributed by atoms with E-state index in [1.165, 1.54) is 35.9 Å². The highest BCUT2D eigenvalue weighted by Gasteiger charge is 2.29. The summed E-state index contributed by atoms with van der Waals surface area (Å²) in [6.07, 6.45) is 6.76. The van der Waals surface area contributed by atoms with Gasteiger partial charge in [-0.2, -0.15) is 0 Å². The first-order valence-electron chi connectivity index (χ1n) is 8.30. The van der Waals surface area contributed by atoms with Gasteiger partial charge in [-0.25, -0.2) is 0 Å². The first-order valence-corrected chi connectivity index (χ1v) is 8.68. The standard InChI is InChI=1S/C18H21ClN2O/c19-13-6-7-16-14(10-13)15-11-21(9-8-17(15)20-16)18(22)12-4-2-1-3-5-12/h6-7,10,12,20H,1-5,8-9,11H2. The molecule has 0 atom stereocenters. The van der Waals surface area contributed by atoms with Gasteiger partial charge in [0.1, 0.15) is 0 Å². The van der Waals surface area contributed by atoms with Crippen molar-refractivity contribution in [2.75, 3.05) is 6.54 Å². The minimum atomic E-state index is 0.254. The van der Waals surface area contributed by atoms with Gasteiger partial charge in [0.15, 0.2) is 0 Å². The number of aromatic nitrogens is 1. The molecule has 4 rings (SSSR count). The predicted molar refractivity (Wildman–Crippen MR) is 89.0 cm³/mol. The van der Waals surface area contributed by atoms with E-state index in [1.54, 1.807) is 0 Å². The van der Waals surface area contributed by atoms with E-state index in [2.05, 4.69) is 9.88 Å². The number of fused-ring (bicyclic) bond motifs is 3. The number of halogens is 1. The Hall–Kier alpha value is -1.48. The molecule has 0 saturated heterocycles. The van der Waals surface area contributed by atoms with Crippen molar-refractivity contribution in [1.29, 1.82) is 0 Å². The minimum Gasteiger partial charge on any atom is -0.358 e. The zero-order valence-corrected chi connectivity index (χ0v) is 13.5.